The number of ether oxygens (including phenoxy) is 1. The molecule has 0 unspecified atom stereocenters. The van der Waals surface area contributed by atoms with Gasteiger partial charge in [-0.15, -0.1) is 0 Å². The molecular weight excluding hydrogens is 196 g/mol. The van der Waals surface area contributed by atoms with Crippen molar-refractivity contribution in [1.29, 1.82) is 0 Å². The third-order valence-corrected chi connectivity index (χ3v) is 2.99. The molecule has 16 heavy (non-hydrogen) atoms. The second kappa shape index (κ2) is 4.11. The molecule has 1 heteroatoms. The Morgan fingerprint density at radius 2 is 1.44 bits per heavy atom. The summed E-state index contributed by atoms with van der Waals surface area (Å²) in [4.78, 5) is 0. The van der Waals surface area contributed by atoms with E-state index in [4.69, 9.17) is 4.74 Å². The monoisotopic (exact) mass is 210 g/mol. The van der Waals surface area contributed by atoms with Crippen molar-refractivity contribution < 1.29 is 4.74 Å². The molecule has 0 radical (unpaired) electrons. The van der Waals surface area contributed by atoms with E-state index < -0.39 is 0 Å². The van der Waals surface area contributed by atoms with Crippen molar-refractivity contribution in [2.24, 2.45) is 0 Å². The lowest BCUT2D eigenvalue weighted by Crippen LogP contribution is -1.94. The molecule has 1 fully saturated rings. The summed E-state index contributed by atoms with van der Waals surface area (Å²) in [6.07, 6.45) is 1.69. The lowest BCUT2D eigenvalue weighted by molar-refractivity contribution is 0.373. The molecule has 0 N–H and O–H groups in total. The van der Waals surface area contributed by atoms with Crippen LogP contribution in [-0.4, -0.2) is 6.10 Å². The highest BCUT2D eigenvalue weighted by Gasteiger charge is 2.39. The minimum Gasteiger partial charge on any atom is -0.364 e. The van der Waals surface area contributed by atoms with Gasteiger partial charge in [0.15, 0.2) is 0 Å². The van der Waals surface area contributed by atoms with Gasteiger partial charge in [0.2, 0.25) is 0 Å². The van der Waals surface area contributed by atoms with Gasteiger partial charge in [0.05, 0.1) is 6.10 Å². The molecule has 0 saturated carbocycles. The zero-order valence-electron chi connectivity index (χ0n) is 9.04. The third kappa shape index (κ3) is 2.00. The fourth-order valence-electron chi connectivity index (χ4n) is 2.08. The topological polar surface area (TPSA) is 12.5 Å². The Balaban J connectivity index is 1.65. The minimum atomic E-state index is 0.307. The van der Waals surface area contributed by atoms with E-state index in [0.717, 1.165) is 6.42 Å². The second-order valence-corrected chi connectivity index (χ2v) is 4.20. The zero-order chi connectivity index (χ0) is 10.8. The number of hydrogen-bond acceptors (Lipinski definition) is 1. The van der Waals surface area contributed by atoms with Crippen LogP contribution < -0.4 is 0 Å². The van der Waals surface area contributed by atoms with Crippen molar-refractivity contribution in [2.75, 3.05) is 0 Å². The molecule has 0 aromatic heterocycles. The normalized spacial score (nSPS) is 23.0. The van der Waals surface area contributed by atoms with Gasteiger partial charge in [-0.25, -0.2) is 0 Å². The number of hydrogen-bond donors (Lipinski definition) is 0. The van der Waals surface area contributed by atoms with Crippen LogP contribution >= 0.6 is 0 Å². The fraction of sp³-hybridized carbons (Fsp3) is 0.200. The van der Waals surface area contributed by atoms with Gasteiger partial charge in [-0.3, -0.25) is 0 Å². The molecule has 2 atom stereocenters. The first-order chi connectivity index (χ1) is 7.93. The number of rotatable bonds is 3. The highest BCUT2D eigenvalue weighted by atomic mass is 16.6. The number of epoxide rings is 1. The molecule has 80 valence electrons. The van der Waals surface area contributed by atoms with Crippen LogP contribution in [0.1, 0.15) is 17.2 Å². The Kier molecular flexibility index (Phi) is 2.47. The fourth-order valence-corrected chi connectivity index (χ4v) is 2.08. The van der Waals surface area contributed by atoms with Gasteiger partial charge in [-0.05, 0) is 11.1 Å². The highest BCUT2D eigenvalue weighted by Crippen LogP contribution is 2.40. The number of benzene rings is 2. The first-order valence-corrected chi connectivity index (χ1v) is 5.68. The second-order valence-electron chi connectivity index (χ2n) is 4.20. The molecule has 0 bridgehead atoms. The SMILES string of the molecule is c1ccc(C[C@H]2O[C@@H]2c2ccccc2)cc1. The molecule has 1 heterocycles. The molecule has 1 nitrogen and oxygen atoms in total. The van der Waals surface area contributed by atoms with E-state index in [1.807, 2.05) is 12.1 Å². The van der Waals surface area contributed by atoms with E-state index in [0.29, 0.717) is 12.2 Å². The van der Waals surface area contributed by atoms with Crippen molar-refractivity contribution in [1.82, 2.24) is 0 Å². The summed E-state index contributed by atoms with van der Waals surface area (Å²) in [5.74, 6) is 0. The molecule has 1 aliphatic heterocycles. The Hall–Kier alpha value is -1.60. The van der Waals surface area contributed by atoms with Crippen LogP contribution in [0.15, 0.2) is 60.7 Å². The largest absolute Gasteiger partial charge is 0.364 e. The maximum atomic E-state index is 5.71. The van der Waals surface area contributed by atoms with Crippen LogP contribution in [0.3, 0.4) is 0 Å². The Morgan fingerprint density at radius 3 is 2.12 bits per heavy atom. The van der Waals surface area contributed by atoms with E-state index in [1.165, 1.54) is 11.1 Å². The summed E-state index contributed by atoms with van der Waals surface area (Å²) in [6, 6.07) is 21.0. The van der Waals surface area contributed by atoms with E-state index in [-0.39, 0.29) is 0 Å². The maximum absolute atomic E-state index is 5.71. The van der Waals surface area contributed by atoms with Crippen molar-refractivity contribution in [2.45, 2.75) is 18.6 Å². The average Bonchev–Trinajstić information content (AvgIpc) is 3.11. The van der Waals surface area contributed by atoms with E-state index in [2.05, 4.69) is 48.5 Å². The molecule has 2 aromatic carbocycles. The van der Waals surface area contributed by atoms with Gasteiger partial charge >= 0.3 is 0 Å². The Bertz CT molecular complexity index is 449. The molecular formula is C15H14O. The summed E-state index contributed by atoms with van der Waals surface area (Å²) >= 11 is 0. The van der Waals surface area contributed by atoms with Crippen LogP contribution in [-0.2, 0) is 11.2 Å². The smallest absolute Gasteiger partial charge is 0.109 e. The molecule has 0 aliphatic carbocycles. The van der Waals surface area contributed by atoms with E-state index in [1.54, 1.807) is 0 Å². The van der Waals surface area contributed by atoms with Crippen molar-refractivity contribution >= 4 is 0 Å². The molecule has 2 aromatic rings. The quantitative estimate of drug-likeness (QED) is 0.707. The van der Waals surface area contributed by atoms with Crippen molar-refractivity contribution in [3.05, 3.63) is 71.8 Å². The summed E-state index contributed by atoms with van der Waals surface area (Å²) in [6.45, 7) is 0. The van der Waals surface area contributed by atoms with Gasteiger partial charge in [0.1, 0.15) is 6.10 Å². The summed E-state index contributed by atoms with van der Waals surface area (Å²) in [5, 5.41) is 0. The average molecular weight is 210 g/mol. The summed E-state index contributed by atoms with van der Waals surface area (Å²) < 4.78 is 5.71. The maximum Gasteiger partial charge on any atom is 0.109 e. The predicted octanol–water partition coefficient (Wildman–Crippen LogP) is 3.37. The summed E-state index contributed by atoms with van der Waals surface area (Å²) in [7, 11) is 0. The van der Waals surface area contributed by atoms with E-state index in [9.17, 15) is 0 Å². The first kappa shape index (κ1) is 9.61. The van der Waals surface area contributed by atoms with Gasteiger partial charge in [0.25, 0.3) is 0 Å². The van der Waals surface area contributed by atoms with Gasteiger partial charge < -0.3 is 4.74 Å². The van der Waals surface area contributed by atoms with Crippen LogP contribution in [0.5, 0.6) is 0 Å². The van der Waals surface area contributed by atoms with Crippen LogP contribution in [0.25, 0.3) is 0 Å². The van der Waals surface area contributed by atoms with Crippen LogP contribution in [0.2, 0.25) is 0 Å². The Morgan fingerprint density at radius 1 is 0.812 bits per heavy atom. The van der Waals surface area contributed by atoms with Crippen molar-refractivity contribution in [3.8, 4) is 0 Å². The van der Waals surface area contributed by atoms with E-state index >= 15 is 0 Å². The standard InChI is InChI=1S/C15H14O/c1-3-7-12(8-4-1)11-14-15(16-14)13-9-5-2-6-10-13/h1-10,14-15H,11H2/t14-,15-/m1/s1. The minimum absolute atomic E-state index is 0.307. The lowest BCUT2D eigenvalue weighted by Gasteiger charge is -1.97. The summed E-state index contributed by atoms with van der Waals surface area (Å²) in [5.41, 5.74) is 2.65. The molecule has 3 rings (SSSR count). The van der Waals surface area contributed by atoms with Crippen LogP contribution in [0, 0.1) is 0 Å². The van der Waals surface area contributed by atoms with Gasteiger partial charge in [0, 0.05) is 6.42 Å². The Labute approximate surface area is 95.7 Å². The van der Waals surface area contributed by atoms with Gasteiger partial charge in [-0.2, -0.15) is 0 Å². The van der Waals surface area contributed by atoms with Crippen molar-refractivity contribution in [3.63, 3.8) is 0 Å². The van der Waals surface area contributed by atoms with Crippen LogP contribution in [0.4, 0.5) is 0 Å². The third-order valence-electron chi connectivity index (χ3n) is 2.99. The first-order valence-electron chi connectivity index (χ1n) is 5.68. The highest BCUT2D eigenvalue weighted by molar-refractivity contribution is 5.25. The lowest BCUT2D eigenvalue weighted by atomic mass is 10.0. The molecule has 1 saturated heterocycles. The zero-order valence-corrected chi connectivity index (χ0v) is 9.04. The molecule has 0 amide bonds. The predicted molar refractivity (Wildman–Crippen MR) is 64.2 cm³/mol. The molecule has 0 spiro atoms. The molecule has 1 aliphatic rings. The van der Waals surface area contributed by atoms with Gasteiger partial charge in [-0.1, -0.05) is 60.7 Å².